The molecule has 1 unspecified atom stereocenters. The number of aliphatic hydroxyl groups excluding tert-OH is 1. The van der Waals surface area contributed by atoms with Gasteiger partial charge >= 0.3 is 0 Å². The molecule has 3 aromatic rings. The Bertz CT molecular complexity index is 1320. The highest BCUT2D eigenvalue weighted by molar-refractivity contribution is 6.46. The summed E-state index contributed by atoms with van der Waals surface area (Å²) in [5.41, 5.74) is 2.44. The van der Waals surface area contributed by atoms with Crippen LogP contribution in [0.1, 0.15) is 36.3 Å². The Balaban J connectivity index is 1.57. The number of carbonyl (C=O) groups excluding carboxylic acids is 2. The van der Waals surface area contributed by atoms with Gasteiger partial charge in [0.2, 0.25) is 0 Å². The van der Waals surface area contributed by atoms with Crippen molar-refractivity contribution in [3.8, 4) is 5.75 Å². The molecule has 2 saturated heterocycles. The zero-order valence-electron chi connectivity index (χ0n) is 21.2. The third-order valence-electron chi connectivity index (χ3n) is 6.90. The summed E-state index contributed by atoms with van der Waals surface area (Å²) < 4.78 is 12.9. The van der Waals surface area contributed by atoms with E-state index in [0.717, 1.165) is 25.1 Å². The molecule has 5 rings (SSSR count). The monoisotopic (exact) mass is 504 g/mol. The number of aromatic nitrogens is 2. The smallest absolute Gasteiger partial charge is 0.295 e. The van der Waals surface area contributed by atoms with Crippen molar-refractivity contribution in [1.82, 2.24) is 19.2 Å². The van der Waals surface area contributed by atoms with E-state index in [1.54, 1.807) is 22.4 Å². The van der Waals surface area contributed by atoms with Gasteiger partial charge in [-0.1, -0.05) is 25.1 Å². The number of ketones is 1. The first kappa shape index (κ1) is 25.0. The standard InChI is InChI=1S/C28H32N4O5/c1-3-16-37-21-9-7-20(8-10-21)25-23(26(33)24-19(2)29-22-6-4-5-11-31(22)24)27(34)28(35)32(25)13-12-30-14-17-36-18-15-30/h4-11,25,33H,3,12-18H2,1-2H3. The zero-order valence-corrected chi connectivity index (χ0v) is 21.2. The van der Waals surface area contributed by atoms with Crippen LogP contribution in [0, 0.1) is 6.92 Å². The van der Waals surface area contributed by atoms with Gasteiger partial charge in [-0.15, -0.1) is 0 Å². The van der Waals surface area contributed by atoms with Crippen molar-refractivity contribution in [3.05, 3.63) is 71.2 Å². The number of aliphatic hydroxyl groups is 1. The lowest BCUT2D eigenvalue weighted by Gasteiger charge is -2.31. The summed E-state index contributed by atoms with van der Waals surface area (Å²) in [6.07, 6.45) is 2.68. The molecule has 1 N–H and O–H groups in total. The molecule has 0 spiro atoms. The van der Waals surface area contributed by atoms with E-state index in [0.29, 0.717) is 55.7 Å². The second kappa shape index (κ2) is 10.7. The molecule has 4 heterocycles. The maximum Gasteiger partial charge on any atom is 0.295 e. The average molecular weight is 505 g/mol. The van der Waals surface area contributed by atoms with Crippen molar-refractivity contribution < 1.29 is 24.2 Å². The first-order valence-corrected chi connectivity index (χ1v) is 12.7. The number of Topliss-reactive ketones (excluding diaryl/α,β-unsaturated/α-hetero) is 1. The topological polar surface area (TPSA) is 96.6 Å². The number of pyridine rings is 1. The van der Waals surface area contributed by atoms with Crippen LogP contribution in [-0.4, -0.2) is 82.0 Å². The highest BCUT2D eigenvalue weighted by atomic mass is 16.5. The van der Waals surface area contributed by atoms with E-state index < -0.39 is 17.7 Å². The van der Waals surface area contributed by atoms with Gasteiger partial charge in [0.15, 0.2) is 5.76 Å². The number of carbonyl (C=O) groups is 2. The number of fused-ring (bicyclic) bond motifs is 1. The van der Waals surface area contributed by atoms with Crippen molar-refractivity contribution in [1.29, 1.82) is 0 Å². The van der Waals surface area contributed by atoms with Gasteiger partial charge in [-0.2, -0.15) is 0 Å². The summed E-state index contributed by atoms with van der Waals surface area (Å²) in [5, 5.41) is 11.6. The molecule has 2 aliphatic rings. The second-order valence-electron chi connectivity index (χ2n) is 9.34. The number of benzene rings is 1. The van der Waals surface area contributed by atoms with Crippen molar-refractivity contribution in [2.75, 3.05) is 46.0 Å². The molecule has 0 saturated carbocycles. The van der Waals surface area contributed by atoms with Crippen LogP contribution in [0.3, 0.4) is 0 Å². The van der Waals surface area contributed by atoms with Gasteiger partial charge in [0.1, 0.15) is 17.1 Å². The molecule has 9 heteroatoms. The minimum atomic E-state index is -0.727. The van der Waals surface area contributed by atoms with E-state index in [2.05, 4.69) is 9.88 Å². The fourth-order valence-electron chi connectivity index (χ4n) is 5.02. The number of rotatable bonds is 8. The molecule has 2 aliphatic heterocycles. The predicted octanol–water partition coefficient (Wildman–Crippen LogP) is 3.19. The summed E-state index contributed by atoms with van der Waals surface area (Å²) in [6, 6.07) is 12.2. The molecular formula is C28H32N4O5. The molecule has 1 amide bonds. The van der Waals surface area contributed by atoms with Crippen LogP contribution < -0.4 is 4.74 Å². The van der Waals surface area contributed by atoms with Gasteiger partial charge in [-0.05, 0) is 43.2 Å². The summed E-state index contributed by atoms with van der Waals surface area (Å²) in [6.45, 7) is 8.24. The highest BCUT2D eigenvalue weighted by Crippen LogP contribution is 2.40. The summed E-state index contributed by atoms with van der Waals surface area (Å²) in [7, 11) is 0. The Morgan fingerprint density at radius 1 is 1.11 bits per heavy atom. The van der Waals surface area contributed by atoms with Crippen LogP contribution >= 0.6 is 0 Å². The van der Waals surface area contributed by atoms with Crippen LogP contribution in [0.2, 0.25) is 0 Å². The summed E-state index contributed by atoms with van der Waals surface area (Å²) >= 11 is 0. The highest BCUT2D eigenvalue weighted by Gasteiger charge is 2.46. The van der Waals surface area contributed by atoms with E-state index in [-0.39, 0.29) is 11.3 Å². The van der Waals surface area contributed by atoms with Gasteiger partial charge < -0.3 is 19.5 Å². The number of imidazole rings is 1. The van der Waals surface area contributed by atoms with E-state index in [1.165, 1.54) is 0 Å². The van der Waals surface area contributed by atoms with Crippen LogP contribution in [-0.2, 0) is 14.3 Å². The number of morpholine rings is 1. The molecule has 1 aromatic carbocycles. The quantitative estimate of drug-likeness (QED) is 0.286. The van der Waals surface area contributed by atoms with Crippen molar-refractivity contribution in [3.63, 3.8) is 0 Å². The largest absolute Gasteiger partial charge is 0.505 e. The molecule has 0 bridgehead atoms. The van der Waals surface area contributed by atoms with Crippen molar-refractivity contribution in [2.24, 2.45) is 0 Å². The minimum Gasteiger partial charge on any atom is -0.505 e. The lowest BCUT2D eigenvalue weighted by Crippen LogP contribution is -2.42. The molecule has 194 valence electrons. The first-order chi connectivity index (χ1) is 18.0. The normalized spacial score (nSPS) is 20.2. The molecule has 2 fully saturated rings. The second-order valence-corrected chi connectivity index (χ2v) is 9.34. The Morgan fingerprint density at radius 2 is 1.86 bits per heavy atom. The van der Waals surface area contributed by atoms with Gasteiger partial charge in [-0.3, -0.25) is 18.9 Å². The fraction of sp³-hybridized carbons (Fsp3) is 0.393. The maximum atomic E-state index is 13.4. The number of aryl methyl sites for hydroxylation is 1. The van der Waals surface area contributed by atoms with E-state index in [1.807, 2.05) is 49.4 Å². The van der Waals surface area contributed by atoms with E-state index in [4.69, 9.17) is 9.47 Å². The SMILES string of the molecule is CCCOc1ccc(C2C(=C(O)c3c(C)nc4ccccn34)C(=O)C(=O)N2CCN2CCOCC2)cc1. The third-order valence-corrected chi connectivity index (χ3v) is 6.90. The van der Waals surface area contributed by atoms with Crippen LogP contribution in [0.4, 0.5) is 0 Å². The van der Waals surface area contributed by atoms with Gasteiger partial charge in [0.25, 0.3) is 11.7 Å². The molecule has 37 heavy (non-hydrogen) atoms. The number of hydrogen-bond donors (Lipinski definition) is 1. The van der Waals surface area contributed by atoms with Crippen molar-refractivity contribution >= 4 is 23.1 Å². The molecule has 0 radical (unpaired) electrons. The Hall–Kier alpha value is -3.69. The van der Waals surface area contributed by atoms with Crippen molar-refractivity contribution in [2.45, 2.75) is 26.3 Å². The Labute approximate surface area is 215 Å². The van der Waals surface area contributed by atoms with Gasteiger partial charge in [0.05, 0.1) is 37.1 Å². The number of nitrogens with zero attached hydrogens (tertiary/aromatic N) is 4. The number of hydrogen-bond acceptors (Lipinski definition) is 7. The fourth-order valence-corrected chi connectivity index (χ4v) is 5.02. The van der Waals surface area contributed by atoms with Crippen LogP contribution in [0.5, 0.6) is 5.75 Å². The molecule has 1 atom stereocenters. The van der Waals surface area contributed by atoms with Crippen LogP contribution in [0.15, 0.2) is 54.2 Å². The minimum absolute atomic E-state index is 0.0722. The van der Waals surface area contributed by atoms with Gasteiger partial charge in [-0.25, -0.2) is 4.98 Å². The average Bonchev–Trinajstić information content (AvgIpc) is 3.39. The lowest BCUT2D eigenvalue weighted by molar-refractivity contribution is -0.140. The zero-order chi connectivity index (χ0) is 25.9. The molecule has 9 nitrogen and oxygen atoms in total. The van der Waals surface area contributed by atoms with Crippen LogP contribution in [0.25, 0.3) is 11.4 Å². The first-order valence-electron chi connectivity index (χ1n) is 12.7. The number of likely N-dealkylation sites (tertiary alicyclic amines) is 1. The molecular weight excluding hydrogens is 472 g/mol. The number of ether oxygens (including phenoxy) is 2. The lowest BCUT2D eigenvalue weighted by atomic mass is 9.96. The number of amides is 1. The third kappa shape index (κ3) is 4.84. The summed E-state index contributed by atoms with van der Waals surface area (Å²) in [5.74, 6) is -0.813. The van der Waals surface area contributed by atoms with E-state index in [9.17, 15) is 14.7 Å². The maximum absolute atomic E-state index is 13.4. The summed E-state index contributed by atoms with van der Waals surface area (Å²) in [4.78, 5) is 35.1. The molecule has 0 aliphatic carbocycles. The Kier molecular flexibility index (Phi) is 7.25. The van der Waals surface area contributed by atoms with E-state index >= 15 is 0 Å². The Morgan fingerprint density at radius 3 is 2.59 bits per heavy atom. The predicted molar refractivity (Wildman–Crippen MR) is 138 cm³/mol. The van der Waals surface area contributed by atoms with Gasteiger partial charge in [0, 0.05) is 32.4 Å². The molecule has 2 aromatic heterocycles.